The van der Waals surface area contributed by atoms with Gasteiger partial charge in [-0.05, 0) is 24.2 Å². The molecule has 1 nitrogen and oxygen atoms in total. The Labute approximate surface area is 69.8 Å². The van der Waals surface area contributed by atoms with Crippen LogP contribution in [-0.4, -0.2) is 11.2 Å². The highest BCUT2D eigenvalue weighted by Gasteiger charge is 2.42. The predicted molar refractivity (Wildman–Crippen MR) is 47.3 cm³/mol. The normalized spacial score (nSPS) is 34.9. The number of hydrogen-bond donors (Lipinski definition) is 1. The summed E-state index contributed by atoms with van der Waals surface area (Å²) in [5.41, 5.74) is 0. The number of rotatable bonds is 4. The summed E-state index contributed by atoms with van der Waals surface area (Å²) in [7, 11) is 0. The van der Waals surface area contributed by atoms with E-state index in [9.17, 15) is 5.11 Å². The third-order valence-corrected chi connectivity index (χ3v) is 3.17. The Hall–Kier alpha value is -0.0400. The lowest BCUT2D eigenvalue weighted by Gasteiger charge is -2.16. The van der Waals surface area contributed by atoms with Gasteiger partial charge < -0.3 is 5.11 Å². The number of aliphatic hydroxyl groups excluding tert-OH is 1. The molecule has 1 rings (SSSR count). The van der Waals surface area contributed by atoms with Crippen molar-refractivity contribution in [3.05, 3.63) is 0 Å². The first-order chi connectivity index (χ1) is 5.20. The molecule has 4 atom stereocenters. The second-order valence-corrected chi connectivity index (χ2v) is 3.94. The topological polar surface area (TPSA) is 20.2 Å². The SMILES string of the molecule is CCC(C)C(O)[C@@H]1C[C@H]1CC. The Balaban J connectivity index is 2.26. The molecule has 66 valence electrons. The standard InChI is InChI=1S/C10H20O/c1-4-7(3)10(11)9-6-8(9)5-2/h7-11H,4-6H2,1-3H3/t7?,8-,9-,10?/m1/s1. The molecule has 0 aromatic rings. The van der Waals surface area contributed by atoms with E-state index in [4.69, 9.17) is 0 Å². The van der Waals surface area contributed by atoms with Crippen LogP contribution >= 0.6 is 0 Å². The summed E-state index contributed by atoms with van der Waals surface area (Å²) in [5.74, 6) is 1.96. The maximum atomic E-state index is 9.76. The van der Waals surface area contributed by atoms with Crippen molar-refractivity contribution in [1.29, 1.82) is 0 Å². The zero-order valence-corrected chi connectivity index (χ0v) is 7.88. The van der Waals surface area contributed by atoms with Gasteiger partial charge in [-0.2, -0.15) is 0 Å². The summed E-state index contributed by atoms with van der Waals surface area (Å²) >= 11 is 0. The monoisotopic (exact) mass is 156 g/mol. The minimum Gasteiger partial charge on any atom is -0.393 e. The van der Waals surface area contributed by atoms with Crippen molar-refractivity contribution in [2.45, 2.75) is 46.1 Å². The molecule has 1 aliphatic rings. The fourth-order valence-electron chi connectivity index (χ4n) is 1.82. The van der Waals surface area contributed by atoms with Crippen molar-refractivity contribution >= 4 is 0 Å². The molecule has 0 amide bonds. The Morgan fingerprint density at radius 3 is 2.45 bits per heavy atom. The van der Waals surface area contributed by atoms with Crippen LogP contribution in [0.2, 0.25) is 0 Å². The first kappa shape index (κ1) is 9.05. The van der Waals surface area contributed by atoms with Crippen LogP contribution in [0.1, 0.15) is 40.0 Å². The van der Waals surface area contributed by atoms with Crippen molar-refractivity contribution in [2.75, 3.05) is 0 Å². The molecule has 0 aromatic heterocycles. The third kappa shape index (κ3) is 1.96. The molecule has 1 aliphatic carbocycles. The van der Waals surface area contributed by atoms with Gasteiger partial charge in [0.05, 0.1) is 6.10 Å². The number of hydrogen-bond acceptors (Lipinski definition) is 1. The Bertz CT molecular complexity index is 122. The minimum absolute atomic E-state index is 0.0232. The van der Waals surface area contributed by atoms with Crippen LogP contribution in [0, 0.1) is 17.8 Å². The molecular weight excluding hydrogens is 136 g/mol. The molecule has 11 heavy (non-hydrogen) atoms. The van der Waals surface area contributed by atoms with E-state index in [1.807, 2.05) is 0 Å². The van der Waals surface area contributed by atoms with Gasteiger partial charge in [-0.25, -0.2) is 0 Å². The predicted octanol–water partition coefficient (Wildman–Crippen LogP) is 2.44. The molecule has 0 radical (unpaired) electrons. The first-order valence-corrected chi connectivity index (χ1v) is 4.88. The second-order valence-electron chi connectivity index (χ2n) is 3.94. The van der Waals surface area contributed by atoms with E-state index in [-0.39, 0.29) is 6.10 Å². The van der Waals surface area contributed by atoms with E-state index in [0.717, 1.165) is 12.3 Å². The van der Waals surface area contributed by atoms with Gasteiger partial charge in [-0.1, -0.05) is 33.6 Å². The van der Waals surface area contributed by atoms with E-state index < -0.39 is 0 Å². The van der Waals surface area contributed by atoms with Gasteiger partial charge in [-0.3, -0.25) is 0 Å². The van der Waals surface area contributed by atoms with Crippen molar-refractivity contribution < 1.29 is 5.11 Å². The highest BCUT2D eigenvalue weighted by atomic mass is 16.3. The van der Waals surface area contributed by atoms with Gasteiger partial charge in [-0.15, -0.1) is 0 Å². The van der Waals surface area contributed by atoms with E-state index >= 15 is 0 Å². The van der Waals surface area contributed by atoms with E-state index in [1.165, 1.54) is 12.8 Å². The fourth-order valence-corrected chi connectivity index (χ4v) is 1.82. The van der Waals surface area contributed by atoms with Gasteiger partial charge in [0.1, 0.15) is 0 Å². The lowest BCUT2D eigenvalue weighted by atomic mass is 9.97. The molecule has 0 spiro atoms. The molecule has 2 unspecified atom stereocenters. The summed E-state index contributed by atoms with van der Waals surface area (Å²) in [4.78, 5) is 0. The minimum atomic E-state index is -0.0232. The zero-order valence-electron chi connectivity index (χ0n) is 7.88. The third-order valence-electron chi connectivity index (χ3n) is 3.17. The van der Waals surface area contributed by atoms with Gasteiger partial charge in [0, 0.05) is 0 Å². The van der Waals surface area contributed by atoms with E-state index in [0.29, 0.717) is 11.8 Å². The largest absolute Gasteiger partial charge is 0.393 e. The first-order valence-electron chi connectivity index (χ1n) is 4.88. The molecule has 1 heteroatoms. The van der Waals surface area contributed by atoms with E-state index in [1.54, 1.807) is 0 Å². The van der Waals surface area contributed by atoms with Gasteiger partial charge in [0.25, 0.3) is 0 Å². The lowest BCUT2D eigenvalue weighted by Crippen LogP contribution is -2.20. The summed E-state index contributed by atoms with van der Waals surface area (Å²) in [6.45, 7) is 6.51. The van der Waals surface area contributed by atoms with Crippen molar-refractivity contribution in [2.24, 2.45) is 17.8 Å². The fraction of sp³-hybridized carbons (Fsp3) is 1.00. The summed E-state index contributed by atoms with van der Waals surface area (Å²) in [6, 6.07) is 0. The maximum Gasteiger partial charge on any atom is 0.0596 e. The summed E-state index contributed by atoms with van der Waals surface area (Å²) in [5, 5.41) is 9.76. The van der Waals surface area contributed by atoms with Gasteiger partial charge in [0.15, 0.2) is 0 Å². The van der Waals surface area contributed by atoms with Crippen LogP contribution in [0.15, 0.2) is 0 Å². The number of aliphatic hydroxyl groups is 1. The summed E-state index contributed by atoms with van der Waals surface area (Å²) < 4.78 is 0. The quantitative estimate of drug-likeness (QED) is 0.663. The summed E-state index contributed by atoms with van der Waals surface area (Å²) in [6.07, 6.45) is 3.60. The van der Waals surface area contributed by atoms with Gasteiger partial charge in [0.2, 0.25) is 0 Å². The molecule has 0 aromatic carbocycles. The van der Waals surface area contributed by atoms with Crippen molar-refractivity contribution in [3.8, 4) is 0 Å². The van der Waals surface area contributed by atoms with Crippen LogP contribution in [0.4, 0.5) is 0 Å². The smallest absolute Gasteiger partial charge is 0.0596 e. The Morgan fingerprint density at radius 2 is 2.09 bits per heavy atom. The Morgan fingerprint density at radius 1 is 1.45 bits per heavy atom. The van der Waals surface area contributed by atoms with Crippen LogP contribution < -0.4 is 0 Å². The highest BCUT2D eigenvalue weighted by Crippen LogP contribution is 2.45. The van der Waals surface area contributed by atoms with Crippen LogP contribution in [0.5, 0.6) is 0 Å². The molecule has 0 aliphatic heterocycles. The van der Waals surface area contributed by atoms with Crippen LogP contribution in [0.25, 0.3) is 0 Å². The highest BCUT2D eigenvalue weighted by molar-refractivity contribution is 4.91. The molecule has 0 saturated heterocycles. The van der Waals surface area contributed by atoms with Crippen LogP contribution in [0.3, 0.4) is 0 Å². The van der Waals surface area contributed by atoms with Gasteiger partial charge >= 0.3 is 0 Å². The molecule has 0 heterocycles. The lowest BCUT2D eigenvalue weighted by molar-refractivity contribution is 0.0873. The van der Waals surface area contributed by atoms with Crippen LogP contribution in [-0.2, 0) is 0 Å². The average molecular weight is 156 g/mol. The van der Waals surface area contributed by atoms with Crippen molar-refractivity contribution in [3.63, 3.8) is 0 Å². The van der Waals surface area contributed by atoms with Crippen molar-refractivity contribution in [1.82, 2.24) is 0 Å². The maximum absolute atomic E-state index is 9.76. The molecular formula is C10H20O. The van der Waals surface area contributed by atoms with E-state index in [2.05, 4.69) is 20.8 Å². The molecule has 1 fully saturated rings. The molecule has 1 N–H and O–H groups in total. The Kier molecular flexibility index (Phi) is 2.94. The zero-order chi connectivity index (χ0) is 8.43. The molecule has 0 bridgehead atoms. The second kappa shape index (κ2) is 3.57. The average Bonchev–Trinajstić information content (AvgIpc) is 2.80. The molecule has 1 saturated carbocycles.